The van der Waals surface area contributed by atoms with Crippen LogP contribution < -0.4 is 10.2 Å². The lowest BCUT2D eigenvalue weighted by Crippen LogP contribution is -2.54. The summed E-state index contributed by atoms with van der Waals surface area (Å²) in [6.07, 6.45) is -0.726. The Morgan fingerprint density at radius 3 is 2.52 bits per heavy atom. The Hall–Kier alpha value is -2.42. The molecule has 1 amide bonds. The van der Waals surface area contributed by atoms with Crippen molar-refractivity contribution in [2.45, 2.75) is 6.10 Å². The van der Waals surface area contributed by atoms with Gasteiger partial charge in [0.15, 0.2) is 0 Å². The number of hydrogen-bond donors (Lipinski definition) is 2. The highest BCUT2D eigenvalue weighted by Crippen LogP contribution is 2.21. The molecular formula is C24H24Cl2FN3O3. The van der Waals surface area contributed by atoms with E-state index in [0.717, 1.165) is 10.8 Å². The first-order valence-corrected chi connectivity index (χ1v) is 11.4. The Morgan fingerprint density at radius 2 is 1.76 bits per heavy atom. The zero-order chi connectivity index (χ0) is 23.4. The van der Waals surface area contributed by atoms with Crippen LogP contribution in [0.15, 0.2) is 54.6 Å². The Morgan fingerprint density at radius 1 is 1.03 bits per heavy atom. The number of carbonyl (C=O) groups excluding carboxylic acids is 1. The molecule has 0 saturated carbocycles. The molecule has 9 heteroatoms. The molecule has 0 spiro atoms. The van der Waals surface area contributed by atoms with Gasteiger partial charge in [-0.05, 0) is 47.2 Å². The van der Waals surface area contributed by atoms with Gasteiger partial charge in [0.2, 0.25) is 0 Å². The topological polar surface area (TPSA) is 65.0 Å². The van der Waals surface area contributed by atoms with Crippen molar-refractivity contribution in [1.29, 1.82) is 0 Å². The predicted molar refractivity (Wildman–Crippen MR) is 127 cm³/mol. The Balaban J connectivity index is 1.22. The average molecular weight is 492 g/mol. The van der Waals surface area contributed by atoms with Crippen molar-refractivity contribution >= 4 is 39.9 Å². The molecule has 2 N–H and O–H groups in total. The number of β-amino-alcohol motifs (C(OH)–C–C–N with tert-alkyl or cyclic N) is 1. The van der Waals surface area contributed by atoms with Gasteiger partial charge in [-0.3, -0.25) is 15.1 Å². The molecule has 0 aliphatic carbocycles. The van der Waals surface area contributed by atoms with E-state index in [1.165, 1.54) is 12.1 Å². The van der Waals surface area contributed by atoms with Crippen molar-refractivity contribution in [1.82, 2.24) is 15.3 Å². The predicted octanol–water partition coefficient (Wildman–Crippen LogP) is 3.99. The number of nitrogens with one attached hydrogen (secondary N) is 1. The fraction of sp³-hybridized carbons (Fsp3) is 0.292. The highest BCUT2D eigenvalue weighted by Gasteiger charge is 2.21. The minimum absolute atomic E-state index is 0.0263. The molecule has 0 unspecified atom stereocenters. The highest BCUT2D eigenvalue weighted by atomic mass is 35.5. The molecule has 0 radical (unpaired) electrons. The first kappa shape index (κ1) is 23.7. The van der Waals surface area contributed by atoms with E-state index >= 15 is 0 Å². The normalized spacial score (nSPS) is 16.0. The van der Waals surface area contributed by atoms with E-state index in [9.17, 15) is 14.3 Å². The molecular weight excluding hydrogens is 468 g/mol. The van der Waals surface area contributed by atoms with E-state index < -0.39 is 11.9 Å². The van der Waals surface area contributed by atoms with Crippen LogP contribution in [0.1, 0.15) is 10.4 Å². The van der Waals surface area contributed by atoms with Crippen molar-refractivity contribution in [3.8, 4) is 5.75 Å². The molecule has 3 aromatic rings. The van der Waals surface area contributed by atoms with Gasteiger partial charge in [0.05, 0.1) is 5.02 Å². The third-order valence-electron chi connectivity index (χ3n) is 5.50. The zero-order valence-corrected chi connectivity index (χ0v) is 19.3. The third kappa shape index (κ3) is 6.34. The monoisotopic (exact) mass is 491 g/mol. The molecule has 1 aliphatic rings. The number of halogens is 3. The van der Waals surface area contributed by atoms with Crippen molar-refractivity contribution < 1.29 is 19.0 Å². The van der Waals surface area contributed by atoms with E-state index in [1.807, 2.05) is 29.3 Å². The maximum Gasteiger partial charge on any atom is 0.265 e. The molecule has 1 aliphatic heterocycles. The summed E-state index contributed by atoms with van der Waals surface area (Å²) in [5.41, 5.74) is 3.53. The number of hydrogen-bond acceptors (Lipinski definition) is 5. The fourth-order valence-corrected chi connectivity index (χ4v) is 4.02. The number of aliphatic hydroxyl groups is 1. The summed E-state index contributed by atoms with van der Waals surface area (Å²) in [7, 11) is 0. The summed E-state index contributed by atoms with van der Waals surface area (Å²) in [4.78, 5) is 14.8. The maximum absolute atomic E-state index is 13.5. The summed E-state index contributed by atoms with van der Waals surface area (Å²) in [6, 6.07) is 15.3. The van der Waals surface area contributed by atoms with Crippen molar-refractivity contribution in [3.63, 3.8) is 0 Å². The van der Waals surface area contributed by atoms with E-state index in [-0.39, 0.29) is 17.5 Å². The Labute approximate surface area is 201 Å². The highest BCUT2D eigenvalue weighted by molar-refractivity contribution is 6.31. The van der Waals surface area contributed by atoms with Crippen LogP contribution in [0.2, 0.25) is 10.0 Å². The molecule has 6 nitrogen and oxygen atoms in total. The van der Waals surface area contributed by atoms with E-state index in [2.05, 4.69) is 10.3 Å². The van der Waals surface area contributed by atoms with Crippen LogP contribution in [0.4, 0.5) is 4.39 Å². The van der Waals surface area contributed by atoms with Gasteiger partial charge in [0.1, 0.15) is 24.3 Å². The molecule has 1 saturated heterocycles. The lowest BCUT2D eigenvalue weighted by molar-refractivity contribution is 0.0316. The number of piperazine rings is 1. The number of benzene rings is 3. The van der Waals surface area contributed by atoms with E-state index in [1.54, 1.807) is 18.2 Å². The van der Waals surface area contributed by atoms with Gasteiger partial charge < -0.3 is 9.84 Å². The van der Waals surface area contributed by atoms with Gasteiger partial charge in [0, 0.05) is 49.4 Å². The summed E-state index contributed by atoms with van der Waals surface area (Å²) < 4.78 is 18.9. The van der Waals surface area contributed by atoms with Crippen LogP contribution in [-0.4, -0.2) is 66.4 Å². The Bertz CT molecular complexity index is 1140. The minimum atomic E-state index is -0.726. The third-order valence-corrected chi connectivity index (χ3v) is 6.04. The number of carbonyl (C=O) groups is 1. The van der Waals surface area contributed by atoms with Gasteiger partial charge in [0.25, 0.3) is 5.91 Å². The molecule has 174 valence electrons. The minimum Gasteiger partial charge on any atom is -0.491 e. The lowest BCUT2D eigenvalue weighted by atomic mass is 10.1. The first-order valence-electron chi connectivity index (χ1n) is 10.6. The standard InChI is InChI=1S/C24H24Cl2FN3O3/c25-19-4-3-16-11-18(2-1-17(16)12-19)24(32)28-30-9-7-29(8-10-30)14-20(31)15-33-21-5-6-22(26)23(27)13-21/h1-6,11-13,20,31H,7-10,14-15H2,(H,28,32)/t20-/m1/s1. The molecule has 3 aromatic carbocycles. The number of hydrazine groups is 1. The zero-order valence-electron chi connectivity index (χ0n) is 17.8. The lowest BCUT2D eigenvalue weighted by Gasteiger charge is -2.35. The van der Waals surface area contributed by atoms with Crippen molar-refractivity contribution in [2.75, 3.05) is 39.3 Å². The number of rotatable bonds is 7. The number of amides is 1. The molecule has 1 fully saturated rings. The van der Waals surface area contributed by atoms with Crippen LogP contribution in [0.25, 0.3) is 10.8 Å². The second-order valence-electron chi connectivity index (χ2n) is 7.98. The molecule has 4 rings (SSSR count). The molecule has 0 bridgehead atoms. The summed E-state index contributed by atoms with van der Waals surface area (Å²) >= 11 is 11.7. The molecule has 1 heterocycles. The average Bonchev–Trinajstić information content (AvgIpc) is 2.80. The maximum atomic E-state index is 13.5. The van der Waals surface area contributed by atoms with Crippen molar-refractivity contribution in [3.05, 3.63) is 76.0 Å². The summed E-state index contributed by atoms with van der Waals surface area (Å²) in [5, 5.41) is 14.8. The largest absolute Gasteiger partial charge is 0.491 e. The van der Waals surface area contributed by atoms with Gasteiger partial charge >= 0.3 is 0 Å². The summed E-state index contributed by atoms with van der Waals surface area (Å²) in [6.45, 7) is 3.10. The quantitative estimate of drug-likeness (QED) is 0.523. The van der Waals surface area contributed by atoms with Gasteiger partial charge in [-0.25, -0.2) is 9.40 Å². The first-order chi connectivity index (χ1) is 15.9. The number of aliphatic hydroxyl groups excluding tert-OH is 1. The SMILES string of the molecule is O=C(NN1CCN(C[C@@H](O)COc2ccc(Cl)c(F)c2)CC1)c1ccc2cc(Cl)ccc2c1. The van der Waals surface area contributed by atoms with Crippen molar-refractivity contribution in [2.24, 2.45) is 0 Å². The second-order valence-corrected chi connectivity index (χ2v) is 8.82. The van der Waals surface area contributed by atoms with Gasteiger partial charge in [-0.2, -0.15) is 0 Å². The molecule has 0 aromatic heterocycles. The second kappa shape index (κ2) is 10.7. The molecule has 1 atom stereocenters. The summed E-state index contributed by atoms with van der Waals surface area (Å²) in [5.74, 6) is -0.404. The molecule has 33 heavy (non-hydrogen) atoms. The number of nitrogens with zero attached hydrogens (tertiary/aromatic N) is 2. The number of ether oxygens (including phenoxy) is 1. The van der Waals surface area contributed by atoms with Crippen LogP contribution in [0.5, 0.6) is 5.75 Å². The van der Waals surface area contributed by atoms with E-state index in [0.29, 0.717) is 49.1 Å². The van der Waals surface area contributed by atoms with Gasteiger partial charge in [-0.1, -0.05) is 35.3 Å². The van der Waals surface area contributed by atoms with Gasteiger partial charge in [-0.15, -0.1) is 0 Å². The Kier molecular flexibility index (Phi) is 7.67. The fourth-order valence-electron chi connectivity index (χ4n) is 3.72. The van der Waals surface area contributed by atoms with Crippen LogP contribution in [-0.2, 0) is 0 Å². The van der Waals surface area contributed by atoms with Crippen LogP contribution in [0, 0.1) is 5.82 Å². The van der Waals surface area contributed by atoms with E-state index in [4.69, 9.17) is 27.9 Å². The van der Waals surface area contributed by atoms with Crippen LogP contribution in [0.3, 0.4) is 0 Å². The number of fused-ring (bicyclic) bond motifs is 1. The smallest absolute Gasteiger partial charge is 0.265 e. The van der Waals surface area contributed by atoms with Crippen LogP contribution >= 0.6 is 23.2 Å².